The minimum absolute atomic E-state index is 0.779. The second-order valence-corrected chi connectivity index (χ2v) is 7.01. The number of rotatable bonds is 6. The van der Waals surface area contributed by atoms with Crippen LogP contribution in [0.3, 0.4) is 0 Å². The standard InChI is InChI=1S/C17H34N2/c1-5-7-10-14(13(3)4)17-15-11-8-9-12-16(15)18-19(17)6-2/h13-18H,5-12H2,1-4H3. The summed E-state index contributed by atoms with van der Waals surface area (Å²) in [4.78, 5) is 0. The van der Waals surface area contributed by atoms with E-state index >= 15 is 0 Å². The highest BCUT2D eigenvalue weighted by Crippen LogP contribution is 2.40. The topological polar surface area (TPSA) is 15.3 Å². The number of fused-ring (bicyclic) bond motifs is 1. The van der Waals surface area contributed by atoms with Crippen LogP contribution in [0.4, 0.5) is 0 Å². The molecule has 1 saturated carbocycles. The number of unbranched alkanes of at least 4 members (excludes halogenated alkanes) is 1. The van der Waals surface area contributed by atoms with E-state index in [1.54, 1.807) is 0 Å². The molecular weight excluding hydrogens is 232 g/mol. The molecule has 0 bridgehead atoms. The highest BCUT2D eigenvalue weighted by atomic mass is 15.6. The van der Waals surface area contributed by atoms with Crippen molar-refractivity contribution in [2.45, 2.75) is 84.7 Å². The van der Waals surface area contributed by atoms with E-state index in [1.165, 1.54) is 44.9 Å². The predicted molar refractivity (Wildman–Crippen MR) is 82.9 cm³/mol. The van der Waals surface area contributed by atoms with Gasteiger partial charge in [0, 0.05) is 18.6 Å². The molecule has 2 fully saturated rings. The van der Waals surface area contributed by atoms with Gasteiger partial charge in [0.2, 0.25) is 0 Å². The van der Waals surface area contributed by atoms with Crippen LogP contribution in [0.5, 0.6) is 0 Å². The normalized spacial score (nSPS) is 33.6. The molecule has 2 heteroatoms. The first-order valence-electron chi connectivity index (χ1n) is 8.71. The van der Waals surface area contributed by atoms with Crippen LogP contribution in [-0.4, -0.2) is 23.6 Å². The molecule has 1 N–H and O–H groups in total. The Bertz CT molecular complexity index is 264. The van der Waals surface area contributed by atoms with E-state index in [-0.39, 0.29) is 0 Å². The average Bonchev–Trinajstić information content (AvgIpc) is 2.78. The van der Waals surface area contributed by atoms with Gasteiger partial charge in [0.25, 0.3) is 0 Å². The minimum Gasteiger partial charge on any atom is -0.252 e. The summed E-state index contributed by atoms with van der Waals surface area (Å²) in [7, 11) is 0. The fourth-order valence-corrected chi connectivity index (χ4v) is 4.45. The van der Waals surface area contributed by atoms with Gasteiger partial charge in [0.05, 0.1) is 0 Å². The van der Waals surface area contributed by atoms with E-state index in [0.29, 0.717) is 0 Å². The van der Waals surface area contributed by atoms with Crippen LogP contribution in [0.2, 0.25) is 0 Å². The first-order valence-corrected chi connectivity index (χ1v) is 8.71. The van der Waals surface area contributed by atoms with Gasteiger partial charge in [0.1, 0.15) is 0 Å². The van der Waals surface area contributed by atoms with Gasteiger partial charge < -0.3 is 0 Å². The lowest BCUT2D eigenvalue weighted by molar-refractivity contribution is 0.0931. The first-order chi connectivity index (χ1) is 9.19. The zero-order valence-corrected chi connectivity index (χ0v) is 13.5. The Morgan fingerprint density at radius 2 is 1.89 bits per heavy atom. The summed E-state index contributed by atoms with van der Waals surface area (Å²) in [5, 5.41) is 2.60. The van der Waals surface area contributed by atoms with E-state index in [0.717, 1.165) is 36.4 Å². The third-order valence-electron chi connectivity index (χ3n) is 5.48. The Morgan fingerprint density at radius 3 is 2.53 bits per heavy atom. The molecule has 4 unspecified atom stereocenters. The predicted octanol–water partition coefficient (Wildman–Crippen LogP) is 4.22. The summed E-state index contributed by atoms with van der Waals surface area (Å²) in [6.07, 6.45) is 9.89. The molecule has 1 saturated heterocycles. The molecule has 2 aliphatic rings. The van der Waals surface area contributed by atoms with Crippen molar-refractivity contribution in [3.8, 4) is 0 Å². The first kappa shape index (κ1) is 15.3. The molecule has 1 aliphatic heterocycles. The Labute approximate surface area is 120 Å². The Kier molecular flexibility index (Phi) is 5.70. The summed E-state index contributed by atoms with van der Waals surface area (Å²) >= 11 is 0. The number of nitrogens with zero attached hydrogens (tertiary/aromatic N) is 1. The van der Waals surface area contributed by atoms with Gasteiger partial charge in [-0.05, 0) is 37.0 Å². The molecule has 0 aromatic rings. The van der Waals surface area contributed by atoms with Crippen LogP contribution in [0, 0.1) is 17.8 Å². The Morgan fingerprint density at radius 1 is 1.16 bits per heavy atom. The van der Waals surface area contributed by atoms with Crippen molar-refractivity contribution < 1.29 is 0 Å². The molecule has 4 atom stereocenters. The molecule has 19 heavy (non-hydrogen) atoms. The summed E-state index contributed by atoms with van der Waals surface area (Å²) in [6.45, 7) is 10.7. The SMILES string of the molecule is CCCCC(C(C)C)C1C2CCCCC2NN1CC. The summed E-state index contributed by atoms with van der Waals surface area (Å²) < 4.78 is 0. The van der Waals surface area contributed by atoms with Crippen LogP contribution in [0.1, 0.15) is 72.6 Å². The number of nitrogens with one attached hydrogen (secondary N) is 1. The van der Waals surface area contributed by atoms with Gasteiger partial charge in [-0.2, -0.15) is 0 Å². The smallest absolute Gasteiger partial charge is 0.0317 e. The van der Waals surface area contributed by atoms with E-state index in [9.17, 15) is 0 Å². The van der Waals surface area contributed by atoms with Crippen molar-refractivity contribution in [3.05, 3.63) is 0 Å². The van der Waals surface area contributed by atoms with Gasteiger partial charge in [-0.25, -0.2) is 5.01 Å². The monoisotopic (exact) mass is 266 g/mol. The van der Waals surface area contributed by atoms with Crippen molar-refractivity contribution in [3.63, 3.8) is 0 Å². The molecule has 1 heterocycles. The molecule has 2 rings (SSSR count). The Balaban J connectivity index is 2.11. The summed E-state index contributed by atoms with van der Waals surface area (Å²) in [5.41, 5.74) is 3.84. The summed E-state index contributed by atoms with van der Waals surface area (Å²) in [6, 6.07) is 1.57. The number of hydrazine groups is 1. The van der Waals surface area contributed by atoms with Crippen LogP contribution in [0.15, 0.2) is 0 Å². The molecule has 1 aliphatic carbocycles. The maximum atomic E-state index is 3.84. The van der Waals surface area contributed by atoms with E-state index in [1.807, 2.05) is 0 Å². The van der Waals surface area contributed by atoms with Crippen LogP contribution in [0.25, 0.3) is 0 Å². The fourth-order valence-electron chi connectivity index (χ4n) is 4.45. The molecule has 0 amide bonds. The van der Waals surface area contributed by atoms with E-state index in [2.05, 4.69) is 38.1 Å². The molecule has 2 nitrogen and oxygen atoms in total. The second kappa shape index (κ2) is 7.08. The van der Waals surface area contributed by atoms with Crippen LogP contribution >= 0.6 is 0 Å². The van der Waals surface area contributed by atoms with Crippen LogP contribution < -0.4 is 5.43 Å². The van der Waals surface area contributed by atoms with Crippen molar-refractivity contribution in [1.29, 1.82) is 0 Å². The lowest BCUT2D eigenvalue weighted by atomic mass is 9.72. The van der Waals surface area contributed by atoms with Gasteiger partial charge in [-0.15, -0.1) is 0 Å². The van der Waals surface area contributed by atoms with E-state index in [4.69, 9.17) is 0 Å². The fraction of sp³-hybridized carbons (Fsp3) is 1.00. The average molecular weight is 266 g/mol. The lowest BCUT2D eigenvalue weighted by Gasteiger charge is -2.37. The third-order valence-corrected chi connectivity index (χ3v) is 5.48. The molecular formula is C17H34N2. The quantitative estimate of drug-likeness (QED) is 0.774. The second-order valence-electron chi connectivity index (χ2n) is 7.01. The van der Waals surface area contributed by atoms with Gasteiger partial charge >= 0.3 is 0 Å². The lowest BCUT2D eigenvalue weighted by Crippen LogP contribution is -2.44. The maximum Gasteiger partial charge on any atom is 0.0317 e. The largest absolute Gasteiger partial charge is 0.252 e. The van der Waals surface area contributed by atoms with Crippen molar-refractivity contribution in [2.75, 3.05) is 6.54 Å². The number of hydrogen-bond acceptors (Lipinski definition) is 2. The number of hydrogen-bond donors (Lipinski definition) is 1. The zero-order valence-electron chi connectivity index (χ0n) is 13.5. The minimum atomic E-state index is 0.779. The zero-order chi connectivity index (χ0) is 13.8. The molecule has 0 radical (unpaired) electrons. The highest BCUT2D eigenvalue weighted by molar-refractivity contribution is 4.98. The maximum absolute atomic E-state index is 3.84. The van der Waals surface area contributed by atoms with Crippen molar-refractivity contribution in [2.24, 2.45) is 17.8 Å². The van der Waals surface area contributed by atoms with Gasteiger partial charge in [-0.1, -0.05) is 53.4 Å². The Hall–Kier alpha value is -0.0800. The van der Waals surface area contributed by atoms with E-state index < -0.39 is 0 Å². The molecule has 0 aromatic heterocycles. The molecule has 0 aromatic carbocycles. The van der Waals surface area contributed by atoms with Crippen LogP contribution in [-0.2, 0) is 0 Å². The summed E-state index contributed by atoms with van der Waals surface area (Å²) in [5.74, 6) is 2.60. The highest BCUT2D eigenvalue weighted by Gasteiger charge is 2.45. The van der Waals surface area contributed by atoms with Crippen molar-refractivity contribution in [1.82, 2.24) is 10.4 Å². The third kappa shape index (κ3) is 3.33. The van der Waals surface area contributed by atoms with Gasteiger partial charge in [0.15, 0.2) is 0 Å². The van der Waals surface area contributed by atoms with Crippen molar-refractivity contribution >= 4 is 0 Å². The molecule has 112 valence electrons. The molecule has 0 spiro atoms. The van der Waals surface area contributed by atoms with Gasteiger partial charge in [-0.3, -0.25) is 5.43 Å².